The van der Waals surface area contributed by atoms with Crippen LogP contribution in [0, 0.1) is 0 Å². The van der Waals surface area contributed by atoms with E-state index in [1.165, 1.54) is 16.9 Å². The first-order valence-corrected chi connectivity index (χ1v) is 8.43. The number of benzene rings is 1. The van der Waals surface area contributed by atoms with Crippen LogP contribution in [0.1, 0.15) is 16.1 Å². The van der Waals surface area contributed by atoms with Gasteiger partial charge in [0.1, 0.15) is 12.8 Å². The third-order valence-electron chi connectivity index (χ3n) is 4.32. The molecule has 2 aromatic rings. The smallest absolute Gasteiger partial charge is 0.429 e. The van der Waals surface area contributed by atoms with E-state index >= 15 is 0 Å². The Morgan fingerprint density at radius 2 is 2.04 bits per heavy atom. The van der Waals surface area contributed by atoms with Crippen molar-refractivity contribution in [1.29, 1.82) is 0 Å². The molecule has 0 unspecified atom stereocenters. The van der Waals surface area contributed by atoms with Gasteiger partial charge >= 0.3 is 6.16 Å². The summed E-state index contributed by atoms with van der Waals surface area (Å²) in [5.41, 5.74) is 3.20. The minimum absolute atomic E-state index is 0.00619. The molecule has 27 heavy (non-hydrogen) atoms. The Balaban J connectivity index is 1.56. The lowest BCUT2D eigenvalue weighted by molar-refractivity contribution is -0.00324. The van der Waals surface area contributed by atoms with Crippen molar-refractivity contribution < 1.29 is 23.8 Å². The van der Waals surface area contributed by atoms with Crippen LogP contribution >= 0.6 is 0 Å². The zero-order valence-electron chi connectivity index (χ0n) is 14.3. The Kier molecular flexibility index (Phi) is 4.51. The first kappa shape index (κ1) is 17.1. The van der Waals surface area contributed by atoms with Crippen molar-refractivity contribution in [2.45, 2.75) is 12.8 Å². The van der Waals surface area contributed by atoms with Crippen LogP contribution < -0.4 is 15.6 Å². The molecule has 1 fully saturated rings. The van der Waals surface area contributed by atoms with Gasteiger partial charge < -0.3 is 24.5 Å². The number of amides is 1. The number of carbonyl (C=O) groups is 2. The fourth-order valence-electron chi connectivity index (χ4n) is 3.00. The molecule has 3 heterocycles. The van der Waals surface area contributed by atoms with Crippen LogP contribution in [0.15, 0.2) is 47.4 Å². The summed E-state index contributed by atoms with van der Waals surface area (Å²) in [5, 5.41) is 0. The number of morpholine rings is 1. The summed E-state index contributed by atoms with van der Waals surface area (Å²) < 4.78 is 16.9. The third kappa shape index (κ3) is 3.36. The minimum atomic E-state index is -1.05. The molecule has 2 aliphatic heterocycles. The van der Waals surface area contributed by atoms with Gasteiger partial charge in [-0.1, -0.05) is 30.3 Å². The predicted molar refractivity (Wildman–Crippen MR) is 93.0 cm³/mol. The number of carbonyl (C=O) groups excluding carboxylic acids is 2. The van der Waals surface area contributed by atoms with Gasteiger partial charge in [-0.15, -0.1) is 0 Å². The maximum Gasteiger partial charge on any atom is 0.514 e. The summed E-state index contributed by atoms with van der Waals surface area (Å²) in [5.74, 6) is -0.774. The van der Waals surface area contributed by atoms with E-state index in [0.29, 0.717) is 19.8 Å². The van der Waals surface area contributed by atoms with Crippen molar-refractivity contribution in [2.24, 2.45) is 0 Å². The molecule has 1 N–H and O–H groups in total. The molecule has 9 heteroatoms. The molecule has 0 spiro atoms. The number of fused-ring (bicyclic) bond motifs is 2. The van der Waals surface area contributed by atoms with E-state index in [0.717, 1.165) is 5.56 Å². The van der Waals surface area contributed by atoms with Crippen molar-refractivity contribution in [3.05, 3.63) is 64.1 Å². The maximum absolute atomic E-state index is 12.8. The standard InChI is InChI=1S/C18H17N3O6/c22-13-6-7-21-15(17(23)20-8-9-25-11-14(20)19-21)16(13)27-18(24)26-10-12-4-2-1-3-5-12/h1-7,14,19H,8-11H2/t14-/m0/s1. The van der Waals surface area contributed by atoms with Gasteiger partial charge in [0.2, 0.25) is 11.2 Å². The van der Waals surface area contributed by atoms with E-state index in [-0.39, 0.29) is 24.2 Å². The number of hydrogen-bond donors (Lipinski definition) is 1. The van der Waals surface area contributed by atoms with Gasteiger partial charge in [0.25, 0.3) is 5.91 Å². The van der Waals surface area contributed by atoms with Gasteiger partial charge in [-0.2, -0.15) is 0 Å². The van der Waals surface area contributed by atoms with E-state index in [1.807, 2.05) is 18.2 Å². The molecule has 1 aromatic carbocycles. The molecule has 140 valence electrons. The number of aromatic nitrogens is 1. The van der Waals surface area contributed by atoms with Crippen molar-refractivity contribution in [3.8, 4) is 5.75 Å². The van der Waals surface area contributed by atoms with E-state index < -0.39 is 17.5 Å². The van der Waals surface area contributed by atoms with Crippen LogP contribution in [0.2, 0.25) is 0 Å². The van der Waals surface area contributed by atoms with E-state index in [2.05, 4.69) is 5.43 Å². The molecule has 0 radical (unpaired) electrons. The summed E-state index contributed by atoms with van der Waals surface area (Å²) >= 11 is 0. The summed E-state index contributed by atoms with van der Waals surface area (Å²) in [7, 11) is 0. The molecule has 1 aromatic heterocycles. The summed E-state index contributed by atoms with van der Waals surface area (Å²) in [6.45, 7) is 1.09. The third-order valence-corrected chi connectivity index (χ3v) is 4.32. The number of ether oxygens (including phenoxy) is 3. The van der Waals surface area contributed by atoms with Crippen LogP contribution in [0.3, 0.4) is 0 Å². The molecule has 9 nitrogen and oxygen atoms in total. The second kappa shape index (κ2) is 7.12. The molecule has 1 saturated heterocycles. The summed E-state index contributed by atoms with van der Waals surface area (Å²) in [6, 6.07) is 10.3. The maximum atomic E-state index is 12.8. The summed E-state index contributed by atoms with van der Waals surface area (Å²) in [4.78, 5) is 38.7. The van der Waals surface area contributed by atoms with Crippen LogP contribution in [0.5, 0.6) is 5.75 Å². The zero-order chi connectivity index (χ0) is 18.8. The van der Waals surface area contributed by atoms with Gasteiger partial charge in [-0.3, -0.25) is 14.3 Å². The minimum Gasteiger partial charge on any atom is -0.429 e. The molecule has 2 aliphatic rings. The largest absolute Gasteiger partial charge is 0.514 e. The quantitative estimate of drug-likeness (QED) is 0.801. The Hall–Kier alpha value is -3.33. The lowest BCUT2D eigenvalue weighted by Gasteiger charge is -2.41. The zero-order valence-corrected chi connectivity index (χ0v) is 14.3. The Bertz CT molecular complexity index is 926. The van der Waals surface area contributed by atoms with Crippen molar-refractivity contribution in [1.82, 2.24) is 9.58 Å². The molecule has 0 saturated carbocycles. The molecule has 1 atom stereocenters. The number of pyridine rings is 1. The topological polar surface area (TPSA) is 99.1 Å². The summed E-state index contributed by atoms with van der Waals surface area (Å²) in [6.07, 6.45) is 0.0184. The Morgan fingerprint density at radius 1 is 1.22 bits per heavy atom. The fourth-order valence-corrected chi connectivity index (χ4v) is 3.00. The second-order valence-electron chi connectivity index (χ2n) is 6.07. The fraction of sp³-hybridized carbons (Fsp3) is 0.278. The Labute approximate surface area is 154 Å². The first-order chi connectivity index (χ1) is 13.1. The molecule has 1 amide bonds. The lowest BCUT2D eigenvalue weighted by Crippen LogP contribution is -2.59. The highest BCUT2D eigenvalue weighted by Crippen LogP contribution is 2.22. The number of hydrogen-bond acceptors (Lipinski definition) is 7. The van der Waals surface area contributed by atoms with Crippen LogP contribution in [0.4, 0.5) is 4.79 Å². The van der Waals surface area contributed by atoms with E-state index in [4.69, 9.17) is 14.2 Å². The number of nitrogens with zero attached hydrogens (tertiary/aromatic N) is 2. The van der Waals surface area contributed by atoms with Crippen molar-refractivity contribution in [2.75, 3.05) is 25.2 Å². The highest BCUT2D eigenvalue weighted by molar-refractivity contribution is 5.97. The highest BCUT2D eigenvalue weighted by Gasteiger charge is 2.37. The van der Waals surface area contributed by atoms with Crippen LogP contribution in [0.25, 0.3) is 0 Å². The van der Waals surface area contributed by atoms with Gasteiger partial charge in [-0.05, 0) is 5.56 Å². The van der Waals surface area contributed by atoms with Gasteiger partial charge in [0.15, 0.2) is 5.69 Å². The highest BCUT2D eigenvalue weighted by atomic mass is 16.7. The molecule has 0 aliphatic carbocycles. The Morgan fingerprint density at radius 3 is 2.85 bits per heavy atom. The van der Waals surface area contributed by atoms with Crippen molar-refractivity contribution >= 4 is 12.1 Å². The van der Waals surface area contributed by atoms with Crippen molar-refractivity contribution in [3.63, 3.8) is 0 Å². The monoisotopic (exact) mass is 371 g/mol. The van der Waals surface area contributed by atoms with E-state index in [1.54, 1.807) is 17.0 Å². The normalized spacial score (nSPS) is 18.1. The van der Waals surface area contributed by atoms with E-state index in [9.17, 15) is 14.4 Å². The molecular weight excluding hydrogens is 354 g/mol. The first-order valence-electron chi connectivity index (χ1n) is 8.43. The molecular formula is C18H17N3O6. The molecule has 0 bridgehead atoms. The van der Waals surface area contributed by atoms with Crippen LogP contribution in [-0.2, 0) is 16.1 Å². The number of nitrogens with one attached hydrogen (secondary N) is 1. The SMILES string of the molecule is O=C(OCc1ccccc1)Oc1c2n(ccc1=O)N[C@@H]1COCCN1C2=O. The average Bonchev–Trinajstić information content (AvgIpc) is 2.69. The van der Waals surface area contributed by atoms with Gasteiger partial charge in [-0.25, -0.2) is 4.79 Å². The second-order valence-corrected chi connectivity index (χ2v) is 6.07. The van der Waals surface area contributed by atoms with Gasteiger partial charge in [0, 0.05) is 18.8 Å². The number of rotatable bonds is 3. The molecule has 4 rings (SSSR count). The van der Waals surface area contributed by atoms with Crippen LogP contribution in [-0.4, -0.2) is 47.6 Å². The van der Waals surface area contributed by atoms with Gasteiger partial charge in [0.05, 0.1) is 13.2 Å². The lowest BCUT2D eigenvalue weighted by atomic mass is 10.2. The predicted octanol–water partition coefficient (Wildman–Crippen LogP) is 0.919. The average molecular weight is 371 g/mol.